The molecule has 0 saturated heterocycles. The summed E-state index contributed by atoms with van der Waals surface area (Å²) in [6, 6.07) is 12.8. The van der Waals surface area contributed by atoms with Crippen molar-refractivity contribution in [2.45, 2.75) is 26.8 Å². The molecule has 0 fully saturated rings. The summed E-state index contributed by atoms with van der Waals surface area (Å²) in [6.45, 7) is 4.68. The SMILES string of the molecule is COc1ccccc1NC(=O)c1sc2ncn(C(C)C(=O)Nc3ccc(NC(C)=O)cc3)c(=O)c2c1C. The van der Waals surface area contributed by atoms with Gasteiger partial charge in [0, 0.05) is 18.3 Å². The van der Waals surface area contributed by atoms with Gasteiger partial charge < -0.3 is 20.7 Å². The molecule has 4 rings (SSSR count). The number of anilines is 3. The van der Waals surface area contributed by atoms with Gasteiger partial charge in [-0.05, 0) is 55.8 Å². The fourth-order valence-corrected chi connectivity index (χ4v) is 4.80. The summed E-state index contributed by atoms with van der Waals surface area (Å²) in [4.78, 5) is 55.5. The number of nitrogens with one attached hydrogen (secondary N) is 3. The predicted octanol–water partition coefficient (Wildman–Crippen LogP) is 4.19. The van der Waals surface area contributed by atoms with E-state index in [0.29, 0.717) is 38.1 Å². The number of ether oxygens (including phenoxy) is 1. The first-order valence-corrected chi connectivity index (χ1v) is 12.1. The average molecular weight is 520 g/mol. The zero-order valence-corrected chi connectivity index (χ0v) is 21.4. The van der Waals surface area contributed by atoms with E-state index in [0.717, 1.165) is 11.3 Å². The van der Waals surface area contributed by atoms with Crippen molar-refractivity contribution < 1.29 is 19.1 Å². The minimum Gasteiger partial charge on any atom is -0.495 e. The summed E-state index contributed by atoms with van der Waals surface area (Å²) < 4.78 is 6.53. The van der Waals surface area contributed by atoms with Gasteiger partial charge in [0.05, 0.1) is 29.4 Å². The summed E-state index contributed by atoms with van der Waals surface area (Å²) in [5, 5.41) is 8.52. The van der Waals surface area contributed by atoms with Gasteiger partial charge in [-0.1, -0.05) is 12.1 Å². The number of carbonyl (C=O) groups is 3. The first kappa shape index (κ1) is 25.6. The van der Waals surface area contributed by atoms with Gasteiger partial charge in [0.1, 0.15) is 16.6 Å². The molecule has 2 heterocycles. The lowest BCUT2D eigenvalue weighted by Crippen LogP contribution is -2.31. The lowest BCUT2D eigenvalue weighted by molar-refractivity contribution is -0.119. The molecule has 0 aliphatic heterocycles. The second-order valence-corrected chi connectivity index (χ2v) is 9.27. The highest BCUT2D eigenvalue weighted by Gasteiger charge is 2.23. The molecule has 37 heavy (non-hydrogen) atoms. The number of thiophene rings is 1. The number of rotatable bonds is 7. The standard InChI is InChI=1S/C26H25N5O5S/c1-14-21-25(37-22(14)24(34)30-19-7-5-6-8-20(19)36-4)27-13-31(26(21)35)15(2)23(33)29-18-11-9-17(10-12-18)28-16(3)32/h5-13,15H,1-4H3,(H,28,32)(H,29,33)(H,30,34). The lowest BCUT2D eigenvalue weighted by Gasteiger charge is -2.15. The number of hydrogen-bond acceptors (Lipinski definition) is 7. The van der Waals surface area contributed by atoms with Crippen LogP contribution in [0.1, 0.15) is 35.1 Å². The summed E-state index contributed by atoms with van der Waals surface area (Å²) in [5.41, 5.74) is 1.68. The highest BCUT2D eigenvalue weighted by Crippen LogP contribution is 2.30. The Hall–Kier alpha value is -4.51. The van der Waals surface area contributed by atoms with Gasteiger partial charge in [0.2, 0.25) is 11.8 Å². The average Bonchev–Trinajstić information content (AvgIpc) is 3.22. The second kappa shape index (κ2) is 10.6. The third kappa shape index (κ3) is 5.36. The fraction of sp³-hybridized carbons (Fsp3) is 0.192. The number of amides is 3. The molecule has 190 valence electrons. The van der Waals surface area contributed by atoms with Crippen LogP contribution in [-0.4, -0.2) is 34.4 Å². The van der Waals surface area contributed by atoms with Gasteiger partial charge in [-0.15, -0.1) is 11.3 Å². The van der Waals surface area contributed by atoms with E-state index in [4.69, 9.17) is 4.74 Å². The van der Waals surface area contributed by atoms with E-state index in [1.165, 1.54) is 24.9 Å². The monoisotopic (exact) mass is 519 g/mol. The predicted molar refractivity (Wildman–Crippen MR) is 144 cm³/mol. The number of carbonyl (C=O) groups excluding carboxylic acids is 3. The molecule has 10 nitrogen and oxygen atoms in total. The molecular formula is C26H25N5O5S. The Kier molecular flexibility index (Phi) is 7.35. The van der Waals surface area contributed by atoms with E-state index in [-0.39, 0.29) is 17.2 Å². The molecule has 11 heteroatoms. The van der Waals surface area contributed by atoms with Crippen molar-refractivity contribution in [1.29, 1.82) is 0 Å². The molecule has 0 spiro atoms. The minimum atomic E-state index is -0.871. The van der Waals surface area contributed by atoms with Crippen molar-refractivity contribution >= 4 is 56.3 Å². The maximum Gasteiger partial charge on any atom is 0.266 e. The third-order valence-electron chi connectivity index (χ3n) is 5.71. The molecule has 0 aliphatic carbocycles. The molecule has 2 aromatic carbocycles. The normalized spacial score (nSPS) is 11.6. The van der Waals surface area contributed by atoms with Gasteiger partial charge in [-0.3, -0.25) is 23.7 Å². The number of hydrogen-bond donors (Lipinski definition) is 3. The van der Waals surface area contributed by atoms with Crippen LogP contribution in [0, 0.1) is 6.92 Å². The van der Waals surface area contributed by atoms with Gasteiger partial charge in [-0.25, -0.2) is 4.98 Å². The molecule has 3 N–H and O–H groups in total. The van der Waals surface area contributed by atoms with Crippen molar-refractivity contribution in [1.82, 2.24) is 9.55 Å². The van der Waals surface area contributed by atoms with Crippen LogP contribution in [0.15, 0.2) is 59.7 Å². The Morgan fingerprint density at radius 2 is 1.65 bits per heavy atom. The molecule has 2 aromatic heterocycles. The maximum absolute atomic E-state index is 13.3. The molecule has 0 bridgehead atoms. The summed E-state index contributed by atoms with van der Waals surface area (Å²) >= 11 is 1.11. The van der Waals surface area contributed by atoms with E-state index in [9.17, 15) is 19.2 Å². The molecule has 4 aromatic rings. The summed E-state index contributed by atoms with van der Waals surface area (Å²) in [6.07, 6.45) is 1.31. The van der Waals surface area contributed by atoms with Crippen LogP contribution < -0.4 is 26.2 Å². The number of benzene rings is 2. The maximum atomic E-state index is 13.3. The number of para-hydroxylation sites is 2. The first-order valence-electron chi connectivity index (χ1n) is 11.3. The van der Waals surface area contributed by atoms with Crippen molar-refractivity contribution in [3.8, 4) is 5.75 Å². The van der Waals surface area contributed by atoms with Crippen molar-refractivity contribution in [2.24, 2.45) is 0 Å². The van der Waals surface area contributed by atoms with Gasteiger partial charge in [0.15, 0.2) is 0 Å². The van der Waals surface area contributed by atoms with Crippen LogP contribution >= 0.6 is 11.3 Å². The van der Waals surface area contributed by atoms with Gasteiger partial charge in [0.25, 0.3) is 11.5 Å². The highest BCUT2D eigenvalue weighted by atomic mass is 32.1. The first-order chi connectivity index (χ1) is 17.7. The second-order valence-electron chi connectivity index (χ2n) is 8.27. The molecule has 0 saturated carbocycles. The molecule has 0 radical (unpaired) electrons. The molecule has 1 atom stereocenters. The number of methoxy groups -OCH3 is 1. The third-order valence-corrected chi connectivity index (χ3v) is 6.91. The lowest BCUT2D eigenvalue weighted by atomic mass is 10.2. The minimum absolute atomic E-state index is 0.197. The van der Waals surface area contributed by atoms with Crippen LogP contribution in [0.3, 0.4) is 0 Å². The number of fused-ring (bicyclic) bond motifs is 1. The van der Waals surface area contributed by atoms with Crippen LogP contribution in [0.5, 0.6) is 5.75 Å². The van der Waals surface area contributed by atoms with Crippen molar-refractivity contribution in [3.63, 3.8) is 0 Å². The van der Waals surface area contributed by atoms with Crippen LogP contribution in [0.25, 0.3) is 10.2 Å². The smallest absolute Gasteiger partial charge is 0.266 e. The number of aryl methyl sites for hydroxylation is 1. The van der Waals surface area contributed by atoms with Gasteiger partial charge in [-0.2, -0.15) is 0 Å². The van der Waals surface area contributed by atoms with Crippen LogP contribution in [0.4, 0.5) is 17.1 Å². The Balaban J connectivity index is 1.57. The zero-order valence-electron chi connectivity index (χ0n) is 20.6. The fourth-order valence-electron chi connectivity index (χ4n) is 3.77. The largest absolute Gasteiger partial charge is 0.495 e. The van der Waals surface area contributed by atoms with Crippen molar-refractivity contribution in [2.75, 3.05) is 23.1 Å². The van der Waals surface area contributed by atoms with E-state index in [1.54, 1.807) is 62.4 Å². The molecular weight excluding hydrogens is 494 g/mol. The molecule has 3 amide bonds. The Morgan fingerprint density at radius 1 is 1.00 bits per heavy atom. The van der Waals surface area contributed by atoms with E-state index in [1.807, 2.05) is 0 Å². The van der Waals surface area contributed by atoms with Crippen molar-refractivity contribution in [3.05, 3.63) is 75.7 Å². The quantitative estimate of drug-likeness (QED) is 0.336. The van der Waals surface area contributed by atoms with Crippen LogP contribution in [-0.2, 0) is 9.59 Å². The highest BCUT2D eigenvalue weighted by molar-refractivity contribution is 7.20. The van der Waals surface area contributed by atoms with E-state index in [2.05, 4.69) is 20.9 Å². The van der Waals surface area contributed by atoms with E-state index >= 15 is 0 Å². The summed E-state index contributed by atoms with van der Waals surface area (Å²) in [7, 11) is 1.51. The topological polar surface area (TPSA) is 131 Å². The zero-order chi connectivity index (χ0) is 26.7. The Labute approximate surface area is 216 Å². The Morgan fingerprint density at radius 3 is 2.30 bits per heavy atom. The molecule has 0 aliphatic rings. The number of nitrogens with zero attached hydrogens (tertiary/aromatic N) is 2. The number of aromatic nitrogens is 2. The summed E-state index contributed by atoms with van der Waals surface area (Å²) in [5.74, 6) is -0.487. The molecule has 1 unspecified atom stereocenters. The van der Waals surface area contributed by atoms with Gasteiger partial charge >= 0.3 is 0 Å². The van der Waals surface area contributed by atoms with E-state index < -0.39 is 17.5 Å². The van der Waals surface area contributed by atoms with Crippen LogP contribution in [0.2, 0.25) is 0 Å². The Bertz CT molecular complexity index is 1560.